The molecule has 0 spiro atoms. The van der Waals surface area contributed by atoms with Gasteiger partial charge in [-0.2, -0.15) is 0 Å². The molecular weight excluding hydrogens is 286 g/mol. The first kappa shape index (κ1) is 15.4. The molecule has 0 aliphatic rings. The molecule has 21 heavy (non-hydrogen) atoms. The molecule has 0 aliphatic heterocycles. The van der Waals surface area contributed by atoms with E-state index in [1.165, 1.54) is 12.0 Å². The van der Waals surface area contributed by atoms with Crippen molar-refractivity contribution in [2.45, 2.75) is 12.8 Å². The first-order chi connectivity index (χ1) is 10.2. The van der Waals surface area contributed by atoms with Crippen molar-refractivity contribution in [3.8, 4) is 0 Å². The third-order valence-electron chi connectivity index (χ3n) is 3.23. The van der Waals surface area contributed by atoms with Crippen LogP contribution >= 0.6 is 11.6 Å². The summed E-state index contributed by atoms with van der Waals surface area (Å²) in [5, 5.41) is 3.57. The maximum absolute atomic E-state index is 6.02. The van der Waals surface area contributed by atoms with E-state index in [1.807, 2.05) is 6.07 Å². The van der Waals surface area contributed by atoms with E-state index in [0.717, 1.165) is 25.9 Å². The Morgan fingerprint density at radius 3 is 2.71 bits per heavy atom. The van der Waals surface area contributed by atoms with Gasteiger partial charge in [0.25, 0.3) is 0 Å². The van der Waals surface area contributed by atoms with Crippen molar-refractivity contribution in [3.63, 3.8) is 0 Å². The van der Waals surface area contributed by atoms with Gasteiger partial charge in [-0.1, -0.05) is 29.8 Å². The normalized spacial score (nSPS) is 10.4. The van der Waals surface area contributed by atoms with E-state index >= 15 is 0 Å². The Kier molecular flexibility index (Phi) is 5.63. The standard InChI is InChI=1S/C15H20ClN5/c1-21(12-7-3-2-4-8-12)10-6-5-9-18-15-13(16)14(17)19-11-20-15/h2-4,7-8,11H,5-6,9-10H2,1H3,(H3,17,18,19,20). The number of anilines is 3. The Labute approximate surface area is 130 Å². The third kappa shape index (κ3) is 4.49. The number of aromatic nitrogens is 2. The molecule has 1 aromatic heterocycles. The van der Waals surface area contributed by atoms with E-state index in [-0.39, 0.29) is 0 Å². The van der Waals surface area contributed by atoms with E-state index < -0.39 is 0 Å². The molecule has 0 aliphatic carbocycles. The highest BCUT2D eigenvalue weighted by molar-refractivity contribution is 6.35. The van der Waals surface area contributed by atoms with E-state index in [2.05, 4.69) is 51.5 Å². The van der Waals surface area contributed by atoms with Gasteiger partial charge in [-0.25, -0.2) is 9.97 Å². The predicted octanol–water partition coefficient (Wildman–Crippen LogP) is 3.04. The maximum atomic E-state index is 6.02. The van der Waals surface area contributed by atoms with Crippen LogP contribution < -0.4 is 16.0 Å². The average Bonchev–Trinajstić information content (AvgIpc) is 2.51. The highest BCUT2D eigenvalue weighted by atomic mass is 35.5. The molecular formula is C15H20ClN5. The number of rotatable bonds is 7. The minimum Gasteiger partial charge on any atom is -0.382 e. The highest BCUT2D eigenvalue weighted by Crippen LogP contribution is 2.23. The molecule has 2 aromatic rings. The summed E-state index contributed by atoms with van der Waals surface area (Å²) in [5.41, 5.74) is 6.86. The van der Waals surface area contributed by atoms with Gasteiger partial charge in [0.15, 0.2) is 0 Å². The van der Waals surface area contributed by atoms with Crippen LogP contribution in [0.3, 0.4) is 0 Å². The number of halogens is 1. The van der Waals surface area contributed by atoms with Crippen molar-refractivity contribution in [3.05, 3.63) is 41.7 Å². The molecule has 0 fully saturated rings. The van der Waals surface area contributed by atoms with Crippen LogP contribution in [0.5, 0.6) is 0 Å². The van der Waals surface area contributed by atoms with Crippen molar-refractivity contribution in [1.29, 1.82) is 0 Å². The van der Waals surface area contributed by atoms with E-state index in [0.29, 0.717) is 16.7 Å². The van der Waals surface area contributed by atoms with Gasteiger partial charge in [0, 0.05) is 25.8 Å². The summed E-state index contributed by atoms with van der Waals surface area (Å²) in [6.45, 7) is 1.81. The molecule has 5 nitrogen and oxygen atoms in total. The number of nitrogens with two attached hydrogens (primary N) is 1. The Morgan fingerprint density at radius 2 is 1.95 bits per heavy atom. The minimum absolute atomic E-state index is 0.304. The Balaban J connectivity index is 1.70. The molecule has 2 rings (SSSR count). The fourth-order valence-corrected chi connectivity index (χ4v) is 2.16. The first-order valence-electron chi connectivity index (χ1n) is 6.94. The summed E-state index contributed by atoms with van der Waals surface area (Å²) in [6.07, 6.45) is 3.51. The Morgan fingerprint density at radius 1 is 1.19 bits per heavy atom. The van der Waals surface area contributed by atoms with Crippen molar-refractivity contribution in [2.75, 3.05) is 36.1 Å². The summed E-state index contributed by atoms with van der Waals surface area (Å²) >= 11 is 6.02. The number of hydrogen-bond donors (Lipinski definition) is 2. The van der Waals surface area contributed by atoms with Crippen LogP contribution in [0.15, 0.2) is 36.7 Å². The lowest BCUT2D eigenvalue weighted by molar-refractivity contribution is 0.741. The number of nitrogens with one attached hydrogen (secondary N) is 1. The minimum atomic E-state index is 0.304. The summed E-state index contributed by atoms with van der Waals surface area (Å²) in [6, 6.07) is 10.4. The van der Waals surface area contributed by atoms with Crippen molar-refractivity contribution in [2.24, 2.45) is 0 Å². The zero-order valence-corrected chi connectivity index (χ0v) is 12.8. The lowest BCUT2D eigenvalue weighted by atomic mass is 10.2. The quantitative estimate of drug-likeness (QED) is 0.770. The number of nitrogens with zero attached hydrogens (tertiary/aromatic N) is 3. The van der Waals surface area contributed by atoms with Crippen LogP contribution in [-0.4, -0.2) is 30.1 Å². The van der Waals surface area contributed by atoms with Gasteiger partial charge >= 0.3 is 0 Å². The molecule has 0 atom stereocenters. The van der Waals surface area contributed by atoms with Crippen LogP contribution in [0.2, 0.25) is 5.02 Å². The number of hydrogen-bond acceptors (Lipinski definition) is 5. The van der Waals surface area contributed by atoms with Gasteiger partial charge < -0.3 is 16.0 Å². The predicted molar refractivity (Wildman–Crippen MR) is 88.9 cm³/mol. The fraction of sp³-hybridized carbons (Fsp3) is 0.333. The van der Waals surface area contributed by atoms with Crippen LogP contribution in [0.1, 0.15) is 12.8 Å². The fourth-order valence-electron chi connectivity index (χ4n) is 2.00. The van der Waals surface area contributed by atoms with Crippen molar-refractivity contribution >= 4 is 28.9 Å². The molecule has 0 saturated carbocycles. The Hall–Kier alpha value is -2.01. The number of para-hydroxylation sites is 1. The number of unbranched alkanes of at least 4 members (excludes halogenated alkanes) is 1. The summed E-state index contributed by atoms with van der Waals surface area (Å²) in [7, 11) is 2.10. The topological polar surface area (TPSA) is 67.1 Å². The largest absolute Gasteiger partial charge is 0.382 e. The van der Waals surface area contributed by atoms with Gasteiger partial charge in [0.2, 0.25) is 0 Å². The van der Waals surface area contributed by atoms with Gasteiger partial charge in [-0.3, -0.25) is 0 Å². The smallest absolute Gasteiger partial charge is 0.150 e. The molecule has 0 radical (unpaired) electrons. The van der Waals surface area contributed by atoms with Crippen LogP contribution in [0.4, 0.5) is 17.3 Å². The lowest BCUT2D eigenvalue weighted by Gasteiger charge is -2.19. The average molecular weight is 306 g/mol. The van der Waals surface area contributed by atoms with E-state index in [9.17, 15) is 0 Å². The molecule has 6 heteroatoms. The maximum Gasteiger partial charge on any atom is 0.150 e. The first-order valence-corrected chi connectivity index (χ1v) is 7.32. The van der Waals surface area contributed by atoms with E-state index in [1.54, 1.807) is 0 Å². The molecule has 1 aromatic carbocycles. The molecule has 0 amide bonds. The molecule has 0 unspecified atom stereocenters. The van der Waals surface area contributed by atoms with Crippen LogP contribution in [0.25, 0.3) is 0 Å². The molecule has 0 saturated heterocycles. The molecule has 1 heterocycles. The summed E-state index contributed by atoms with van der Waals surface area (Å²) in [5.74, 6) is 0.901. The second-order valence-electron chi connectivity index (χ2n) is 4.81. The highest BCUT2D eigenvalue weighted by Gasteiger charge is 2.05. The van der Waals surface area contributed by atoms with Crippen molar-refractivity contribution in [1.82, 2.24) is 9.97 Å². The van der Waals surface area contributed by atoms with Gasteiger partial charge in [-0.05, 0) is 25.0 Å². The summed E-state index contributed by atoms with van der Waals surface area (Å²) < 4.78 is 0. The van der Waals surface area contributed by atoms with Gasteiger partial charge in [0.05, 0.1) is 0 Å². The monoisotopic (exact) mass is 305 g/mol. The Bertz CT molecular complexity index is 561. The molecule has 112 valence electrons. The zero-order valence-electron chi connectivity index (χ0n) is 12.1. The second-order valence-corrected chi connectivity index (χ2v) is 5.19. The van der Waals surface area contributed by atoms with Crippen molar-refractivity contribution < 1.29 is 0 Å². The molecule has 0 bridgehead atoms. The van der Waals surface area contributed by atoms with E-state index in [4.69, 9.17) is 17.3 Å². The number of benzene rings is 1. The van der Waals surface area contributed by atoms with Gasteiger partial charge in [-0.15, -0.1) is 0 Å². The van der Waals surface area contributed by atoms with Crippen LogP contribution in [0, 0.1) is 0 Å². The lowest BCUT2D eigenvalue weighted by Crippen LogP contribution is -2.19. The van der Waals surface area contributed by atoms with Crippen LogP contribution in [-0.2, 0) is 0 Å². The SMILES string of the molecule is CN(CCCCNc1ncnc(N)c1Cl)c1ccccc1. The number of nitrogen functional groups attached to an aromatic ring is 1. The second kappa shape index (κ2) is 7.69. The van der Waals surface area contributed by atoms with Gasteiger partial charge in [0.1, 0.15) is 23.0 Å². The third-order valence-corrected chi connectivity index (χ3v) is 3.60. The zero-order chi connectivity index (χ0) is 15.1. The molecule has 3 N–H and O–H groups in total. The summed E-state index contributed by atoms with van der Waals surface area (Å²) in [4.78, 5) is 10.1.